The van der Waals surface area contributed by atoms with Gasteiger partial charge in [0.1, 0.15) is 5.82 Å². The van der Waals surface area contributed by atoms with Crippen molar-refractivity contribution in [1.82, 2.24) is 0 Å². The van der Waals surface area contributed by atoms with Gasteiger partial charge in [-0.05, 0) is 42.2 Å². The monoisotopic (exact) mass is 324 g/mol. The van der Waals surface area contributed by atoms with E-state index in [4.69, 9.17) is 0 Å². The van der Waals surface area contributed by atoms with Crippen LogP contribution < -0.4 is 10.2 Å². The van der Waals surface area contributed by atoms with Gasteiger partial charge in [0.15, 0.2) is 0 Å². The molecule has 2 heterocycles. The molecule has 2 aliphatic rings. The van der Waals surface area contributed by atoms with Crippen molar-refractivity contribution < 1.29 is 14.0 Å². The summed E-state index contributed by atoms with van der Waals surface area (Å²) in [4.78, 5) is 26.8. The quantitative estimate of drug-likeness (QED) is 0.875. The minimum Gasteiger partial charge on any atom is -0.326 e. The second kappa shape index (κ2) is 5.74. The van der Waals surface area contributed by atoms with E-state index in [1.54, 1.807) is 17.0 Å². The first kappa shape index (κ1) is 14.9. The standard InChI is InChI=1S/C19H17FN2O2/c20-13-8-7-12-4-3-9-22(17(12)10-13)19(24)15-11-18(23)21-16-6-2-1-5-14(15)16/h1-2,5-8,10,15H,3-4,9,11H2,(H,21,23)/t15-/m0/s1. The smallest absolute Gasteiger partial charge is 0.235 e. The molecule has 0 spiro atoms. The van der Waals surface area contributed by atoms with Crippen molar-refractivity contribution in [2.75, 3.05) is 16.8 Å². The lowest BCUT2D eigenvalue weighted by Crippen LogP contribution is -2.41. The lowest BCUT2D eigenvalue weighted by Gasteiger charge is -2.34. The molecule has 2 aromatic carbocycles. The van der Waals surface area contributed by atoms with Crippen LogP contribution in [0, 0.1) is 5.82 Å². The number of nitrogens with one attached hydrogen (secondary N) is 1. The molecule has 24 heavy (non-hydrogen) atoms. The van der Waals surface area contributed by atoms with E-state index in [0.29, 0.717) is 17.9 Å². The Labute approximate surface area is 139 Å². The van der Waals surface area contributed by atoms with Crippen molar-refractivity contribution in [3.05, 3.63) is 59.4 Å². The third-order valence-corrected chi connectivity index (χ3v) is 4.73. The number of hydrogen-bond acceptors (Lipinski definition) is 2. The van der Waals surface area contributed by atoms with Crippen LogP contribution in [0.15, 0.2) is 42.5 Å². The third-order valence-electron chi connectivity index (χ3n) is 4.73. The number of anilines is 2. The fraction of sp³-hybridized carbons (Fsp3) is 0.263. The molecule has 0 fully saturated rings. The van der Waals surface area contributed by atoms with E-state index in [1.807, 2.05) is 18.2 Å². The summed E-state index contributed by atoms with van der Waals surface area (Å²) >= 11 is 0. The lowest BCUT2D eigenvalue weighted by molar-refractivity contribution is -0.124. The molecule has 4 nitrogen and oxygen atoms in total. The highest BCUT2D eigenvalue weighted by Crippen LogP contribution is 2.36. The molecule has 2 aromatic rings. The predicted molar refractivity (Wildman–Crippen MR) is 89.5 cm³/mol. The number of para-hydroxylation sites is 1. The van der Waals surface area contributed by atoms with Crippen LogP contribution in [0.5, 0.6) is 0 Å². The zero-order chi connectivity index (χ0) is 16.7. The summed E-state index contributed by atoms with van der Waals surface area (Å²) in [6, 6.07) is 11.9. The highest BCUT2D eigenvalue weighted by molar-refractivity contribution is 6.06. The fourth-order valence-corrected chi connectivity index (χ4v) is 3.60. The number of carbonyl (C=O) groups excluding carboxylic acids is 2. The van der Waals surface area contributed by atoms with Gasteiger partial charge in [-0.2, -0.15) is 0 Å². The normalized spacial score (nSPS) is 19.3. The maximum Gasteiger partial charge on any atom is 0.235 e. The summed E-state index contributed by atoms with van der Waals surface area (Å²) in [5.74, 6) is -1.17. The van der Waals surface area contributed by atoms with Crippen molar-refractivity contribution in [1.29, 1.82) is 0 Å². The highest BCUT2D eigenvalue weighted by Gasteiger charge is 2.35. The summed E-state index contributed by atoms with van der Waals surface area (Å²) in [5, 5.41) is 2.81. The fourth-order valence-electron chi connectivity index (χ4n) is 3.60. The van der Waals surface area contributed by atoms with Gasteiger partial charge in [-0.25, -0.2) is 4.39 Å². The number of amides is 2. The van der Waals surface area contributed by atoms with Crippen molar-refractivity contribution in [3.8, 4) is 0 Å². The molecule has 1 N–H and O–H groups in total. The molecule has 0 unspecified atom stereocenters. The minimum atomic E-state index is -0.524. The Bertz CT molecular complexity index is 834. The predicted octanol–water partition coefficient (Wildman–Crippen LogP) is 3.23. The molecule has 5 heteroatoms. The molecule has 2 aliphatic heterocycles. The summed E-state index contributed by atoms with van der Waals surface area (Å²) in [6.07, 6.45) is 1.79. The van der Waals surface area contributed by atoms with E-state index < -0.39 is 5.92 Å². The van der Waals surface area contributed by atoms with E-state index >= 15 is 0 Å². The van der Waals surface area contributed by atoms with E-state index in [-0.39, 0.29) is 24.1 Å². The summed E-state index contributed by atoms with van der Waals surface area (Å²) in [5.41, 5.74) is 3.12. The second-order valence-corrected chi connectivity index (χ2v) is 6.26. The van der Waals surface area contributed by atoms with Gasteiger partial charge in [0.2, 0.25) is 11.8 Å². The molecule has 1 atom stereocenters. The number of rotatable bonds is 1. The first-order valence-electron chi connectivity index (χ1n) is 8.12. The van der Waals surface area contributed by atoms with E-state index in [9.17, 15) is 14.0 Å². The van der Waals surface area contributed by atoms with Gasteiger partial charge in [-0.15, -0.1) is 0 Å². The average Bonchev–Trinajstić information content (AvgIpc) is 2.59. The molecular weight excluding hydrogens is 307 g/mol. The van der Waals surface area contributed by atoms with Crippen LogP contribution in [-0.2, 0) is 16.0 Å². The number of nitrogens with zero attached hydrogens (tertiary/aromatic N) is 1. The van der Waals surface area contributed by atoms with Crippen LogP contribution in [0.25, 0.3) is 0 Å². The van der Waals surface area contributed by atoms with Crippen LogP contribution in [0.1, 0.15) is 29.9 Å². The Morgan fingerprint density at radius 1 is 1.21 bits per heavy atom. The highest BCUT2D eigenvalue weighted by atomic mass is 19.1. The van der Waals surface area contributed by atoms with Crippen LogP contribution in [0.2, 0.25) is 0 Å². The Hall–Kier alpha value is -2.69. The zero-order valence-electron chi connectivity index (χ0n) is 13.1. The van der Waals surface area contributed by atoms with Crippen LogP contribution in [0.4, 0.5) is 15.8 Å². The molecule has 122 valence electrons. The second-order valence-electron chi connectivity index (χ2n) is 6.26. The average molecular weight is 324 g/mol. The Kier molecular flexibility index (Phi) is 3.56. The Morgan fingerprint density at radius 3 is 2.92 bits per heavy atom. The molecular formula is C19H17FN2O2. The van der Waals surface area contributed by atoms with Crippen molar-refractivity contribution >= 4 is 23.2 Å². The Morgan fingerprint density at radius 2 is 2.04 bits per heavy atom. The van der Waals surface area contributed by atoms with Gasteiger partial charge in [-0.1, -0.05) is 24.3 Å². The molecule has 0 radical (unpaired) electrons. The van der Waals surface area contributed by atoms with E-state index in [2.05, 4.69) is 5.32 Å². The summed E-state index contributed by atoms with van der Waals surface area (Å²) < 4.78 is 13.7. The van der Waals surface area contributed by atoms with Gasteiger partial charge >= 0.3 is 0 Å². The third kappa shape index (κ3) is 2.46. The minimum absolute atomic E-state index is 0.122. The van der Waals surface area contributed by atoms with Crippen LogP contribution in [0.3, 0.4) is 0 Å². The summed E-state index contributed by atoms with van der Waals surface area (Å²) in [7, 11) is 0. The first-order valence-corrected chi connectivity index (χ1v) is 8.12. The van der Waals surface area contributed by atoms with Gasteiger partial charge in [0.05, 0.1) is 5.92 Å². The largest absolute Gasteiger partial charge is 0.326 e. The summed E-state index contributed by atoms with van der Waals surface area (Å²) in [6.45, 7) is 0.551. The lowest BCUT2D eigenvalue weighted by atomic mass is 9.88. The topological polar surface area (TPSA) is 49.4 Å². The van der Waals surface area contributed by atoms with Gasteiger partial charge in [0.25, 0.3) is 0 Å². The van der Waals surface area contributed by atoms with E-state index in [1.165, 1.54) is 12.1 Å². The SMILES string of the molecule is O=C1C[C@H](C(=O)N2CCCc3ccc(F)cc32)c2ccccc2N1. The number of hydrogen-bond donors (Lipinski definition) is 1. The van der Waals surface area contributed by atoms with Gasteiger partial charge in [0, 0.05) is 24.3 Å². The molecule has 0 aliphatic carbocycles. The molecule has 0 bridgehead atoms. The van der Waals surface area contributed by atoms with Crippen LogP contribution in [-0.4, -0.2) is 18.4 Å². The Balaban J connectivity index is 1.73. The van der Waals surface area contributed by atoms with E-state index in [0.717, 1.165) is 24.0 Å². The number of halogens is 1. The molecule has 4 rings (SSSR count). The molecule has 2 amide bonds. The molecule has 0 saturated carbocycles. The maximum atomic E-state index is 13.7. The number of benzene rings is 2. The van der Waals surface area contributed by atoms with Gasteiger partial charge < -0.3 is 10.2 Å². The number of aryl methyl sites for hydroxylation is 1. The first-order chi connectivity index (χ1) is 11.6. The maximum absolute atomic E-state index is 13.7. The van der Waals surface area contributed by atoms with Gasteiger partial charge in [-0.3, -0.25) is 9.59 Å². The molecule has 0 aromatic heterocycles. The van der Waals surface area contributed by atoms with Crippen molar-refractivity contribution in [2.24, 2.45) is 0 Å². The van der Waals surface area contributed by atoms with Crippen molar-refractivity contribution in [2.45, 2.75) is 25.2 Å². The number of fused-ring (bicyclic) bond motifs is 2. The molecule has 0 saturated heterocycles. The number of carbonyl (C=O) groups is 2. The zero-order valence-corrected chi connectivity index (χ0v) is 13.1. The van der Waals surface area contributed by atoms with Crippen molar-refractivity contribution in [3.63, 3.8) is 0 Å². The van der Waals surface area contributed by atoms with Crippen LogP contribution >= 0.6 is 0 Å².